The van der Waals surface area contributed by atoms with Crippen molar-refractivity contribution in [1.29, 1.82) is 0 Å². The summed E-state index contributed by atoms with van der Waals surface area (Å²) in [6, 6.07) is 10.9. The van der Waals surface area contributed by atoms with Crippen LogP contribution < -0.4 is 5.32 Å². The zero-order chi connectivity index (χ0) is 16.1. The first-order valence-electron chi connectivity index (χ1n) is 7.63. The lowest BCUT2D eigenvalue weighted by Gasteiger charge is -2.25. The van der Waals surface area contributed by atoms with Crippen molar-refractivity contribution >= 4 is 11.7 Å². The number of anilines is 1. The number of hydrogen-bond acceptors (Lipinski definition) is 3. The van der Waals surface area contributed by atoms with Crippen molar-refractivity contribution < 1.29 is 4.79 Å². The van der Waals surface area contributed by atoms with Crippen molar-refractivity contribution in [2.75, 3.05) is 5.32 Å². The van der Waals surface area contributed by atoms with E-state index in [0.717, 1.165) is 5.56 Å². The minimum atomic E-state index is -0.204. The van der Waals surface area contributed by atoms with Gasteiger partial charge >= 0.3 is 0 Å². The van der Waals surface area contributed by atoms with Crippen LogP contribution in [0.25, 0.3) is 10.4 Å². The highest BCUT2D eigenvalue weighted by Gasteiger charge is 2.19. The molecule has 0 bridgehead atoms. The molecule has 0 radical (unpaired) electrons. The first kappa shape index (κ1) is 15.1. The average molecular weight is 307 g/mol. The van der Waals surface area contributed by atoms with Crippen molar-refractivity contribution in [1.82, 2.24) is 4.98 Å². The number of carbonyl (C=O) groups excluding carboxylic acids is 1. The molecule has 0 atom stereocenters. The quantitative estimate of drug-likeness (QED) is 0.503. The molecule has 1 aromatic carbocycles. The number of carbonyl (C=O) groups is 1. The predicted molar refractivity (Wildman–Crippen MR) is 88.1 cm³/mol. The molecule has 1 aromatic heterocycles. The van der Waals surface area contributed by atoms with Gasteiger partial charge in [-0.15, -0.1) is 0 Å². The monoisotopic (exact) mass is 307 g/mol. The molecule has 116 valence electrons. The van der Waals surface area contributed by atoms with E-state index >= 15 is 0 Å². The Morgan fingerprint density at radius 1 is 1.26 bits per heavy atom. The second-order valence-electron chi connectivity index (χ2n) is 5.64. The summed E-state index contributed by atoms with van der Waals surface area (Å²) in [6.45, 7) is 0.280. The van der Waals surface area contributed by atoms with E-state index in [-0.39, 0.29) is 12.5 Å². The molecule has 1 aliphatic carbocycles. The topological polar surface area (TPSA) is 90.8 Å². The van der Waals surface area contributed by atoms with E-state index < -0.39 is 0 Å². The third kappa shape index (κ3) is 3.67. The van der Waals surface area contributed by atoms with Crippen molar-refractivity contribution in [3.8, 4) is 0 Å². The number of benzene rings is 1. The number of aromatic nitrogens is 1. The summed E-state index contributed by atoms with van der Waals surface area (Å²) in [5.74, 6) is 0.983. The van der Waals surface area contributed by atoms with Crippen LogP contribution in [0.3, 0.4) is 0 Å². The molecule has 0 spiro atoms. The second kappa shape index (κ2) is 6.94. The molecular formula is C17H17N5O. The smallest absolute Gasteiger partial charge is 0.256 e. The largest absolute Gasteiger partial charge is 0.307 e. The molecule has 3 rings (SSSR count). The molecule has 1 N–H and O–H groups in total. The summed E-state index contributed by atoms with van der Waals surface area (Å²) in [7, 11) is 0. The fraction of sp³-hybridized carbons (Fsp3) is 0.294. The van der Waals surface area contributed by atoms with Crippen LogP contribution in [0.4, 0.5) is 5.82 Å². The van der Waals surface area contributed by atoms with Gasteiger partial charge in [-0.1, -0.05) is 29.7 Å². The maximum atomic E-state index is 12.2. The fourth-order valence-corrected chi connectivity index (χ4v) is 2.53. The van der Waals surface area contributed by atoms with Gasteiger partial charge in [0, 0.05) is 16.7 Å². The number of nitrogens with zero attached hydrogens (tertiary/aromatic N) is 4. The minimum Gasteiger partial charge on any atom is -0.307 e. The lowest BCUT2D eigenvalue weighted by atomic mass is 9.81. The summed E-state index contributed by atoms with van der Waals surface area (Å²) < 4.78 is 0. The number of amides is 1. The molecule has 0 unspecified atom stereocenters. The van der Waals surface area contributed by atoms with Gasteiger partial charge in [-0.3, -0.25) is 4.79 Å². The average Bonchev–Trinajstić information content (AvgIpc) is 2.53. The fourth-order valence-electron chi connectivity index (χ4n) is 2.53. The molecule has 1 saturated carbocycles. The summed E-state index contributed by atoms with van der Waals surface area (Å²) >= 11 is 0. The van der Waals surface area contributed by atoms with E-state index in [0.29, 0.717) is 17.3 Å². The van der Waals surface area contributed by atoms with Gasteiger partial charge in [0.25, 0.3) is 5.91 Å². The Labute approximate surface area is 134 Å². The Balaban J connectivity index is 1.62. The Morgan fingerprint density at radius 2 is 2.04 bits per heavy atom. The first-order valence-corrected chi connectivity index (χ1v) is 7.63. The maximum Gasteiger partial charge on any atom is 0.256 e. The van der Waals surface area contributed by atoms with E-state index in [9.17, 15) is 4.79 Å². The van der Waals surface area contributed by atoms with E-state index in [1.165, 1.54) is 24.8 Å². The normalized spacial score (nSPS) is 13.7. The standard InChI is InChI=1S/C17H17N5O/c18-22-20-10-12-4-6-14(7-5-12)17(23)21-16-9-8-15(11-19-16)13-2-1-3-13/h4-9,11,13H,1-3,10H2,(H,19,21,23). The van der Waals surface area contributed by atoms with E-state index in [4.69, 9.17) is 5.53 Å². The van der Waals surface area contributed by atoms with E-state index in [2.05, 4.69) is 20.3 Å². The molecule has 1 heterocycles. The lowest BCUT2D eigenvalue weighted by Crippen LogP contribution is -2.14. The van der Waals surface area contributed by atoms with Crippen molar-refractivity contribution in [2.24, 2.45) is 5.11 Å². The van der Waals surface area contributed by atoms with Crippen molar-refractivity contribution in [3.63, 3.8) is 0 Å². The molecular weight excluding hydrogens is 290 g/mol. The third-order valence-corrected chi connectivity index (χ3v) is 4.14. The Morgan fingerprint density at radius 3 is 2.61 bits per heavy atom. The van der Waals surface area contributed by atoms with Crippen LogP contribution in [0.2, 0.25) is 0 Å². The van der Waals surface area contributed by atoms with Crippen LogP contribution in [-0.2, 0) is 6.54 Å². The van der Waals surface area contributed by atoms with Gasteiger partial charge in [0.05, 0.1) is 6.54 Å². The lowest BCUT2D eigenvalue weighted by molar-refractivity contribution is 0.102. The highest BCUT2D eigenvalue weighted by molar-refractivity contribution is 6.03. The predicted octanol–water partition coefficient (Wildman–Crippen LogP) is 4.41. The van der Waals surface area contributed by atoms with Crippen LogP contribution in [0.5, 0.6) is 0 Å². The Hall–Kier alpha value is -2.85. The zero-order valence-corrected chi connectivity index (χ0v) is 12.6. The highest BCUT2D eigenvalue weighted by atomic mass is 16.1. The molecule has 1 fully saturated rings. The zero-order valence-electron chi connectivity index (χ0n) is 12.6. The Bertz CT molecular complexity index is 729. The molecule has 23 heavy (non-hydrogen) atoms. The molecule has 1 amide bonds. The van der Waals surface area contributed by atoms with Crippen molar-refractivity contribution in [3.05, 3.63) is 69.7 Å². The van der Waals surface area contributed by atoms with Crippen LogP contribution in [0.1, 0.15) is 46.7 Å². The van der Waals surface area contributed by atoms with E-state index in [1.807, 2.05) is 18.3 Å². The van der Waals surface area contributed by atoms with E-state index in [1.54, 1.807) is 24.3 Å². The maximum absolute atomic E-state index is 12.2. The molecule has 6 heteroatoms. The number of hydrogen-bond donors (Lipinski definition) is 1. The molecule has 0 aliphatic heterocycles. The number of pyridine rings is 1. The van der Waals surface area contributed by atoms with Crippen LogP contribution in [0, 0.1) is 0 Å². The number of azide groups is 1. The molecule has 0 saturated heterocycles. The summed E-state index contributed by atoms with van der Waals surface area (Å²) in [6.07, 6.45) is 5.60. The van der Waals surface area contributed by atoms with Gasteiger partial charge in [-0.05, 0) is 53.6 Å². The number of nitrogens with one attached hydrogen (secondary N) is 1. The third-order valence-electron chi connectivity index (χ3n) is 4.14. The minimum absolute atomic E-state index is 0.204. The highest BCUT2D eigenvalue weighted by Crippen LogP contribution is 2.36. The van der Waals surface area contributed by atoms with Crippen molar-refractivity contribution in [2.45, 2.75) is 31.7 Å². The van der Waals surface area contributed by atoms with Gasteiger partial charge in [-0.25, -0.2) is 4.98 Å². The molecule has 2 aromatic rings. The SMILES string of the molecule is [N-]=[N+]=NCc1ccc(C(=O)Nc2ccc(C3CCC3)cn2)cc1. The van der Waals surface area contributed by atoms with Crippen LogP contribution >= 0.6 is 0 Å². The molecule has 6 nitrogen and oxygen atoms in total. The first-order chi connectivity index (χ1) is 11.3. The van der Waals surface area contributed by atoms with Gasteiger partial charge in [0.1, 0.15) is 5.82 Å². The van der Waals surface area contributed by atoms with Gasteiger partial charge in [-0.2, -0.15) is 0 Å². The number of rotatable bonds is 5. The van der Waals surface area contributed by atoms with Crippen LogP contribution in [-0.4, -0.2) is 10.9 Å². The summed E-state index contributed by atoms with van der Waals surface area (Å²) in [5.41, 5.74) is 10.9. The van der Waals surface area contributed by atoms with Gasteiger partial charge in [0.15, 0.2) is 0 Å². The molecule has 1 aliphatic rings. The summed E-state index contributed by atoms with van der Waals surface area (Å²) in [5, 5.41) is 6.28. The summed E-state index contributed by atoms with van der Waals surface area (Å²) in [4.78, 5) is 19.2. The van der Waals surface area contributed by atoms with Gasteiger partial charge in [0.2, 0.25) is 0 Å². The second-order valence-corrected chi connectivity index (χ2v) is 5.64. The Kier molecular flexibility index (Phi) is 4.54. The van der Waals surface area contributed by atoms with Crippen LogP contribution in [0.15, 0.2) is 47.7 Å². The van der Waals surface area contributed by atoms with Gasteiger partial charge < -0.3 is 5.32 Å².